The van der Waals surface area contributed by atoms with Gasteiger partial charge < -0.3 is 10.2 Å². The molecule has 1 aliphatic rings. The highest BCUT2D eigenvalue weighted by Crippen LogP contribution is 2.20. The molecule has 0 radical (unpaired) electrons. The zero-order valence-electron chi connectivity index (χ0n) is 17.9. The van der Waals surface area contributed by atoms with Gasteiger partial charge in [-0.05, 0) is 49.4 Å². The molecule has 4 nitrogen and oxygen atoms in total. The van der Waals surface area contributed by atoms with Crippen LogP contribution < -0.4 is 5.32 Å². The second-order valence-electron chi connectivity index (χ2n) is 8.22. The Balaban J connectivity index is 1.80. The van der Waals surface area contributed by atoms with Crippen molar-refractivity contribution in [3.8, 4) is 0 Å². The minimum atomic E-state index is -0.528. The second kappa shape index (κ2) is 10.4. The van der Waals surface area contributed by atoms with E-state index in [0.29, 0.717) is 13.0 Å². The van der Waals surface area contributed by atoms with E-state index >= 15 is 0 Å². The Bertz CT molecular complexity index is 842. The van der Waals surface area contributed by atoms with E-state index in [9.17, 15) is 14.0 Å². The zero-order valence-corrected chi connectivity index (χ0v) is 17.9. The standard InChI is InChI=1S/C25H31FN2O2/c1-3-23(25(30)27-22-6-4-5-7-22)28(17-20-10-8-18(2)9-11-20)24(29)16-19-12-14-21(26)15-13-19/h8-15,22-23H,3-7,16-17H2,1-2H3,(H,27,30). The van der Waals surface area contributed by atoms with Gasteiger partial charge in [-0.3, -0.25) is 9.59 Å². The number of amides is 2. The summed E-state index contributed by atoms with van der Waals surface area (Å²) in [7, 11) is 0. The normalized spacial score (nSPS) is 15.0. The van der Waals surface area contributed by atoms with Crippen molar-refractivity contribution in [2.45, 2.75) is 71.0 Å². The fourth-order valence-corrected chi connectivity index (χ4v) is 4.06. The number of aryl methyl sites for hydroxylation is 1. The van der Waals surface area contributed by atoms with Gasteiger partial charge in [0.2, 0.25) is 11.8 Å². The molecule has 0 heterocycles. The summed E-state index contributed by atoms with van der Waals surface area (Å²) in [4.78, 5) is 28.0. The summed E-state index contributed by atoms with van der Waals surface area (Å²) >= 11 is 0. The molecule has 1 atom stereocenters. The summed E-state index contributed by atoms with van der Waals surface area (Å²) < 4.78 is 13.2. The Kier molecular flexibility index (Phi) is 7.61. The van der Waals surface area contributed by atoms with Crippen LogP contribution in [0.25, 0.3) is 0 Å². The van der Waals surface area contributed by atoms with E-state index in [4.69, 9.17) is 0 Å². The molecule has 0 spiro atoms. The molecule has 1 saturated carbocycles. The minimum absolute atomic E-state index is 0.0797. The first kappa shape index (κ1) is 22.0. The van der Waals surface area contributed by atoms with Gasteiger partial charge >= 0.3 is 0 Å². The van der Waals surface area contributed by atoms with Crippen molar-refractivity contribution in [3.05, 3.63) is 71.0 Å². The molecule has 0 saturated heterocycles. The van der Waals surface area contributed by atoms with Crippen LogP contribution in [-0.4, -0.2) is 28.8 Å². The number of hydrogen-bond acceptors (Lipinski definition) is 2. The van der Waals surface area contributed by atoms with Crippen molar-refractivity contribution >= 4 is 11.8 Å². The second-order valence-corrected chi connectivity index (χ2v) is 8.22. The highest BCUT2D eigenvalue weighted by atomic mass is 19.1. The third-order valence-electron chi connectivity index (χ3n) is 5.83. The summed E-state index contributed by atoms with van der Waals surface area (Å²) in [6, 6.07) is 13.7. The molecule has 2 aromatic carbocycles. The molecule has 0 aliphatic heterocycles. The van der Waals surface area contributed by atoms with Crippen molar-refractivity contribution in [3.63, 3.8) is 0 Å². The third kappa shape index (κ3) is 5.91. The molecule has 1 unspecified atom stereocenters. The lowest BCUT2D eigenvalue weighted by Gasteiger charge is -2.31. The van der Waals surface area contributed by atoms with Crippen molar-refractivity contribution in [1.82, 2.24) is 10.2 Å². The first-order valence-corrected chi connectivity index (χ1v) is 10.9. The first-order chi connectivity index (χ1) is 14.5. The van der Waals surface area contributed by atoms with Crippen molar-refractivity contribution in [2.24, 2.45) is 0 Å². The predicted molar refractivity (Wildman–Crippen MR) is 116 cm³/mol. The molecule has 1 N–H and O–H groups in total. The molecule has 160 valence electrons. The molecule has 30 heavy (non-hydrogen) atoms. The smallest absolute Gasteiger partial charge is 0.243 e. The summed E-state index contributed by atoms with van der Waals surface area (Å²) in [6.07, 6.45) is 4.96. The lowest BCUT2D eigenvalue weighted by molar-refractivity contribution is -0.141. The topological polar surface area (TPSA) is 49.4 Å². The fraction of sp³-hybridized carbons (Fsp3) is 0.440. The van der Waals surface area contributed by atoms with Gasteiger partial charge in [0.05, 0.1) is 6.42 Å². The van der Waals surface area contributed by atoms with Gasteiger partial charge in [-0.1, -0.05) is 61.7 Å². The van der Waals surface area contributed by atoms with E-state index in [2.05, 4.69) is 5.32 Å². The Morgan fingerprint density at radius 1 is 1.03 bits per heavy atom. The number of benzene rings is 2. The number of nitrogens with one attached hydrogen (secondary N) is 1. The summed E-state index contributed by atoms with van der Waals surface area (Å²) in [5, 5.41) is 3.15. The van der Waals surface area contributed by atoms with Crippen molar-refractivity contribution < 1.29 is 14.0 Å². The van der Waals surface area contributed by atoms with Crippen LogP contribution in [0.3, 0.4) is 0 Å². The maximum Gasteiger partial charge on any atom is 0.243 e. The summed E-state index contributed by atoms with van der Waals surface area (Å²) in [5.74, 6) is -0.537. The van der Waals surface area contributed by atoms with Crippen molar-refractivity contribution in [2.75, 3.05) is 0 Å². The van der Waals surface area contributed by atoms with E-state index in [0.717, 1.165) is 42.4 Å². The van der Waals surface area contributed by atoms with Crippen LogP contribution in [-0.2, 0) is 22.6 Å². The van der Waals surface area contributed by atoms with E-state index in [1.807, 2.05) is 38.1 Å². The largest absolute Gasteiger partial charge is 0.352 e. The van der Waals surface area contributed by atoms with Crippen LogP contribution in [0.1, 0.15) is 55.7 Å². The van der Waals surface area contributed by atoms with Gasteiger partial charge in [0.25, 0.3) is 0 Å². The fourth-order valence-electron chi connectivity index (χ4n) is 4.06. The molecule has 2 amide bonds. The minimum Gasteiger partial charge on any atom is -0.352 e. The Morgan fingerprint density at radius 2 is 1.63 bits per heavy atom. The summed E-state index contributed by atoms with van der Waals surface area (Å²) in [5.41, 5.74) is 2.87. The van der Waals surface area contributed by atoms with Crippen LogP contribution in [0, 0.1) is 12.7 Å². The highest BCUT2D eigenvalue weighted by molar-refractivity contribution is 5.88. The van der Waals surface area contributed by atoms with Crippen LogP contribution in [0.4, 0.5) is 4.39 Å². The van der Waals surface area contributed by atoms with Gasteiger partial charge in [0.15, 0.2) is 0 Å². The van der Waals surface area contributed by atoms with Gasteiger partial charge in [0.1, 0.15) is 11.9 Å². The van der Waals surface area contributed by atoms with Crippen LogP contribution in [0.2, 0.25) is 0 Å². The van der Waals surface area contributed by atoms with Gasteiger partial charge in [0, 0.05) is 12.6 Å². The van der Waals surface area contributed by atoms with Crippen LogP contribution in [0.5, 0.6) is 0 Å². The lowest BCUT2D eigenvalue weighted by atomic mass is 10.1. The Morgan fingerprint density at radius 3 is 2.23 bits per heavy atom. The molecule has 1 aliphatic carbocycles. The number of hydrogen-bond donors (Lipinski definition) is 1. The number of rotatable bonds is 8. The Hall–Kier alpha value is -2.69. The number of carbonyl (C=O) groups is 2. The monoisotopic (exact) mass is 410 g/mol. The average Bonchev–Trinajstić information content (AvgIpc) is 3.24. The van der Waals surface area contributed by atoms with Gasteiger partial charge in [-0.15, -0.1) is 0 Å². The SMILES string of the molecule is CCC(C(=O)NC1CCCC1)N(Cc1ccc(C)cc1)C(=O)Cc1ccc(F)cc1. The maximum absolute atomic E-state index is 13.3. The number of halogens is 1. The highest BCUT2D eigenvalue weighted by Gasteiger charge is 2.30. The van der Waals surface area contributed by atoms with E-state index in [1.54, 1.807) is 17.0 Å². The first-order valence-electron chi connectivity index (χ1n) is 10.9. The number of nitrogens with zero attached hydrogens (tertiary/aromatic N) is 1. The molecule has 2 aromatic rings. The van der Waals surface area contributed by atoms with E-state index in [1.165, 1.54) is 12.1 Å². The molecular weight excluding hydrogens is 379 g/mol. The molecule has 0 bridgehead atoms. The van der Waals surface area contributed by atoms with Crippen LogP contribution >= 0.6 is 0 Å². The molecular formula is C25H31FN2O2. The van der Waals surface area contributed by atoms with Crippen LogP contribution in [0.15, 0.2) is 48.5 Å². The molecule has 3 rings (SSSR count). The van der Waals surface area contributed by atoms with Gasteiger partial charge in [-0.2, -0.15) is 0 Å². The van der Waals surface area contributed by atoms with Crippen molar-refractivity contribution in [1.29, 1.82) is 0 Å². The van der Waals surface area contributed by atoms with Gasteiger partial charge in [-0.25, -0.2) is 4.39 Å². The molecule has 1 fully saturated rings. The maximum atomic E-state index is 13.3. The quantitative estimate of drug-likeness (QED) is 0.694. The Labute approximate surface area is 178 Å². The zero-order chi connectivity index (χ0) is 21.5. The van der Waals surface area contributed by atoms with E-state index in [-0.39, 0.29) is 30.1 Å². The molecule has 5 heteroatoms. The lowest BCUT2D eigenvalue weighted by Crippen LogP contribution is -2.51. The van der Waals surface area contributed by atoms with E-state index < -0.39 is 6.04 Å². The number of carbonyl (C=O) groups excluding carboxylic acids is 2. The third-order valence-corrected chi connectivity index (χ3v) is 5.83. The average molecular weight is 411 g/mol. The molecule has 0 aromatic heterocycles. The summed E-state index contributed by atoms with van der Waals surface area (Å²) in [6.45, 7) is 4.33. The predicted octanol–water partition coefficient (Wildman–Crippen LogP) is 4.54.